The average molecular weight is 409 g/mol. The summed E-state index contributed by atoms with van der Waals surface area (Å²) in [6.45, 7) is 0. The summed E-state index contributed by atoms with van der Waals surface area (Å²) in [5.41, 5.74) is 7.32. The van der Waals surface area contributed by atoms with Crippen LogP contribution in [0.2, 0.25) is 5.02 Å². The lowest BCUT2D eigenvalue weighted by Gasteiger charge is -2.28. The molecule has 1 aliphatic rings. The third kappa shape index (κ3) is 3.76. The Hall–Kier alpha value is -3.12. The van der Waals surface area contributed by atoms with Gasteiger partial charge in [0.15, 0.2) is 0 Å². The number of hydrogen-bond donors (Lipinski definition) is 2. The van der Waals surface area contributed by atoms with Gasteiger partial charge in [-0.15, -0.1) is 0 Å². The van der Waals surface area contributed by atoms with Gasteiger partial charge in [-0.2, -0.15) is 5.10 Å². The van der Waals surface area contributed by atoms with E-state index in [9.17, 15) is 9.59 Å². The van der Waals surface area contributed by atoms with Crippen molar-refractivity contribution in [2.24, 2.45) is 5.73 Å². The van der Waals surface area contributed by atoms with Gasteiger partial charge in [-0.3, -0.25) is 9.59 Å². The molecule has 0 aliphatic heterocycles. The summed E-state index contributed by atoms with van der Waals surface area (Å²) in [5, 5.41) is 7.83. The molecule has 4 rings (SSSR count). The van der Waals surface area contributed by atoms with Crippen LogP contribution in [0.15, 0.2) is 60.8 Å². The van der Waals surface area contributed by atoms with Crippen molar-refractivity contribution < 1.29 is 9.59 Å². The van der Waals surface area contributed by atoms with Gasteiger partial charge in [0, 0.05) is 16.9 Å². The van der Waals surface area contributed by atoms with E-state index in [4.69, 9.17) is 17.3 Å². The van der Waals surface area contributed by atoms with E-state index in [-0.39, 0.29) is 11.6 Å². The molecule has 0 spiro atoms. The third-order valence-corrected chi connectivity index (χ3v) is 5.74. The van der Waals surface area contributed by atoms with E-state index < -0.39 is 11.3 Å². The zero-order valence-electron chi connectivity index (χ0n) is 15.8. The average Bonchev–Trinajstić information content (AvgIpc) is 3.39. The molecule has 0 saturated heterocycles. The molecule has 6 nitrogen and oxygen atoms in total. The first-order valence-corrected chi connectivity index (χ1v) is 9.89. The number of nitrogens with two attached hydrogens (primary N) is 1. The highest BCUT2D eigenvalue weighted by atomic mass is 35.5. The van der Waals surface area contributed by atoms with Gasteiger partial charge in [0.05, 0.1) is 11.1 Å². The minimum atomic E-state index is -0.574. The lowest BCUT2D eigenvalue weighted by Crippen LogP contribution is -2.38. The summed E-state index contributed by atoms with van der Waals surface area (Å²) in [7, 11) is 0. The van der Waals surface area contributed by atoms with Gasteiger partial charge in [0.2, 0.25) is 5.91 Å². The monoisotopic (exact) mass is 408 g/mol. The second kappa shape index (κ2) is 7.72. The van der Waals surface area contributed by atoms with E-state index in [0.717, 1.165) is 36.9 Å². The Kier molecular flexibility index (Phi) is 5.11. The van der Waals surface area contributed by atoms with E-state index in [2.05, 4.69) is 10.4 Å². The highest BCUT2D eigenvalue weighted by molar-refractivity contribution is 6.30. The van der Waals surface area contributed by atoms with Crippen molar-refractivity contribution in [2.45, 2.75) is 31.1 Å². The molecule has 0 unspecified atom stereocenters. The lowest BCUT2D eigenvalue weighted by molar-refractivity contribution is -0.121. The normalized spacial score (nSPS) is 15.2. The van der Waals surface area contributed by atoms with Crippen LogP contribution in [0.4, 0.5) is 5.69 Å². The molecule has 1 aromatic heterocycles. The molecule has 1 saturated carbocycles. The summed E-state index contributed by atoms with van der Waals surface area (Å²) in [5.74, 6) is -0.587. The van der Waals surface area contributed by atoms with Crippen LogP contribution in [0, 0.1) is 0 Å². The fourth-order valence-electron chi connectivity index (χ4n) is 3.96. The molecule has 148 valence electrons. The molecule has 1 heterocycles. The number of amides is 2. The Balaban J connectivity index is 1.54. The molecular weight excluding hydrogens is 388 g/mol. The van der Waals surface area contributed by atoms with Crippen LogP contribution in [-0.4, -0.2) is 21.6 Å². The number of aromatic nitrogens is 2. The van der Waals surface area contributed by atoms with Crippen LogP contribution < -0.4 is 11.1 Å². The van der Waals surface area contributed by atoms with E-state index in [0.29, 0.717) is 10.7 Å². The second-order valence-electron chi connectivity index (χ2n) is 7.31. The first kappa shape index (κ1) is 19.2. The molecule has 3 aromatic rings. The lowest BCUT2D eigenvalue weighted by atomic mass is 9.78. The number of hydrogen-bond acceptors (Lipinski definition) is 3. The summed E-state index contributed by atoms with van der Waals surface area (Å²) in [6, 6.07) is 16.4. The van der Waals surface area contributed by atoms with Gasteiger partial charge in [-0.1, -0.05) is 36.6 Å². The molecule has 2 aromatic carbocycles. The molecule has 7 heteroatoms. The number of carbonyl (C=O) groups excluding carboxylic acids is 2. The maximum absolute atomic E-state index is 13.3. The van der Waals surface area contributed by atoms with Crippen LogP contribution in [-0.2, 0) is 10.2 Å². The molecular formula is C22H21ClN4O2. The van der Waals surface area contributed by atoms with Crippen molar-refractivity contribution in [3.63, 3.8) is 0 Å². The molecule has 0 bridgehead atoms. The topological polar surface area (TPSA) is 90.0 Å². The molecule has 0 radical (unpaired) electrons. The van der Waals surface area contributed by atoms with E-state index in [1.54, 1.807) is 16.9 Å². The van der Waals surface area contributed by atoms with Crippen molar-refractivity contribution >= 4 is 29.1 Å². The number of benzene rings is 2. The molecule has 3 N–H and O–H groups in total. The van der Waals surface area contributed by atoms with Crippen LogP contribution in [0.3, 0.4) is 0 Å². The van der Waals surface area contributed by atoms with Gasteiger partial charge in [0.25, 0.3) is 5.91 Å². The minimum Gasteiger partial charge on any atom is -0.364 e. The Morgan fingerprint density at radius 2 is 1.79 bits per heavy atom. The zero-order valence-corrected chi connectivity index (χ0v) is 16.5. The maximum Gasteiger partial charge on any atom is 0.269 e. The van der Waals surface area contributed by atoms with Crippen molar-refractivity contribution in [1.82, 2.24) is 9.78 Å². The number of carbonyl (C=O) groups is 2. The Labute approximate surface area is 173 Å². The van der Waals surface area contributed by atoms with Gasteiger partial charge in [-0.25, -0.2) is 4.68 Å². The number of anilines is 1. The molecule has 1 fully saturated rings. The Morgan fingerprint density at radius 1 is 1.07 bits per heavy atom. The summed E-state index contributed by atoms with van der Waals surface area (Å²) < 4.78 is 1.57. The maximum atomic E-state index is 13.3. The molecule has 2 amide bonds. The van der Waals surface area contributed by atoms with Gasteiger partial charge in [-0.05, 0) is 60.9 Å². The SMILES string of the molecule is NC(=O)c1ccn(-c2ccc(NC(=O)C3(c4cccc(Cl)c4)CCCC3)cc2)n1. The van der Waals surface area contributed by atoms with E-state index >= 15 is 0 Å². The third-order valence-electron chi connectivity index (χ3n) is 5.50. The number of halogens is 1. The molecule has 29 heavy (non-hydrogen) atoms. The van der Waals surface area contributed by atoms with Gasteiger partial charge >= 0.3 is 0 Å². The second-order valence-corrected chi connectivity index (χ2v) is 7.75. The number of rotatable bonds is 5. The largest absolute Gasteiger partial charge is 0.364 e. The van der Waals surface area contributed by atoms with Crippen molar-refractivity contribution in [1.29, 1.82) is 0 Å². The first-order valence-electron chi connectivity index (χ1n) is 9.51. The summed E-state index contributed by atoms with van der Waals surface area (Å²) in [6.07, 6.45) is 5.31. The standard InChI is InChI=1S/C22H21ClN4O2/c23-16-5-3-4-15(14-16)22(11-1-2-12-22)21(29)25-17-6-8-18(9-7-17)27-13-10-19(26-27)20(24)28/h3-10,13-14H,1-2,11-12H2,(H2,24,28)(H,25,29). The Bertz CT molecular complexity index is 1050. The smallest absolute Gasteiger partial charge is 0.269 e. The van der Waals surface area contributed by atoms with Gasteiger partial charge < -0.3 is 11.1 Å². The van der Waals surface area contributed by atoms with Crippen LogP contribution in [0.25, 0.3) is 5.69 Å². The summed E-state index contributed by atoms with van der Waals surface area (Å²) >= 11 is 6.18. The number of nitrogens with zero attached hydrogens (tertiary/aromatic N) is 2. The fourth-order valence-corrected chi connectivity index (χ4v) is 4.15. The predicted octanol–water partition coefficient (Wildman–Crippen LogP) is 4.08. The highest BCUT2D eigenvalue weighted by Crippen LogP contribution is 2.42. The number of nitrogens with one attached hydrogen (secondary N) is 1. The first-order chi connectivity index (χ1) is 14.0. The molecule has 0 atom stereocenters. The predicted molar refractivity (Wildman–Crippen MR) is 112 cm³/mol. The fraction of sp³-hybridized carbons (Fsp3) is 0.227. The van der Waals surface area contributed by atoms with Crippen LogP contribution in [0.5, 0.6) is 0 Å². The van der Waals surface area contributed by atoms with Crippen molar-refractivity contribution in [2.75, 3.05) is 5.32 Å². The minimum absolute atomic E-state index is 0.0138. The Morgan fingerprint density at radius 3 is 2.41 bits per heavy atom. The quantitative estimate of drug-likeness (QED) is 0.666. The number of primary amides is 1. The highest BCUT2D eigenvalue weighted by Gasteiger charge is 2.42. The van der Waals surface area contributed by atoms with Crippen molar-refractivity contribution in [3.8, 4) is 5.69 Å². The van der Waals surface area contributed by atoms with Crippen LogP contribution in [0.1, 0.15) is 41.7 Å². The van der Waals surface area contributed by atoms with E-state index in [1.807, 2.05) is 48.5 Å². The summed E-state index contributed by atoms with van der Waals surface area (Å²) in [4.78, 5) is 24.5. The van der Waals surface area contributed by atoms with Crippen molar-refractivity contribution in [3.05, 3.63) is 77.1 Å². The van der Waals surface area contributed by atoms with Crippen LogP contribution >= 0.6 is 11.6 Å². The van der Waals surface area contributed by atoms with E-state index in [1.165, 1.54) is 0 Å². The zero-order chi connectivity index (χ0) is 20.4. The van der Waals surface area contributed by atoms with Gasteiger partial charge in [0.1, 0.15) is 5.69 Å². The molecule has 1 aliphatic carbocycles.